The van der Waals surface area contributed by atoms with Crippen LogP contribution in [0.5, 0.6) is 0 Å². The molecule has 0 bridgehead atoms. The summed E-state index contributed by atoms with van der Waals surface area (Å²) in [5.41, 5.74) is 21.3. The summed E-state index contributed by atoms with van der Waals surface area (Å²) in [6.45, 7) is 24.4. The summed E-state index contributed by atoms with van der Waals surface area (Å²) < 4.78 is 18.9. The summed E-state index contributed by atoms with van der Waals surface area (Å²) >= 11 is 4.61. The molecule has 6 aliphatic rings. The molecule has 0 saturated carbocycles. The molecule has 6 aliphatic heterocycles. The number of hydrogen-bond donors (Lipinski definition) is 3. The van der Waals surface area contributed by atoms with Crippen LogP contribution < -0.4 is 11.1 Å². The number of nitriles is 1. The number of anilines is 1. The van der Waals surface area contributed by atoms with Gasteiger partial charge in [0, 0.05) is 119 Å². The van der Waals surface area contributed by atoms with Gasteiger partial charge >= 0.3 is 11.9 Å². The van der Waals surface area contributed by atoms with E-state index in [-0.39, 0.29) is 23.5 Å². The number of ether oxygens (including phenoxy) is 2. The van der Waals surface area contributed by atoms with Crippen LogP contribution in [0.2, 0.25) is 0 Å². The maximum atomic E-state index is 12.7. The highest BCUT2D eigenvalue weighted by molar-refractivity contribution is 14.1. The topological polar surface area (TPSA) is 293 Å². The second kappa shape index (κ2) is 37.5. The van der Waals surface area contributed by atoms with E-state index < -0.39 is 11.9 Å². The fourth-order valence-electron chi connectivity index (χ4n) is 14.4. The number of fused-ring (bicyclic) bond motifs is 7. The van der Waals surface area contributed by atoms with Crippen molar-refractivity contribution >= 4 is 114 Å². The molecule has 2 atom stereocenters. The largest absolute Gasteiger partial charge is 0.484 e. The molecule has 0 radical (unpaired) electrons. The first-order valence-electron chi connectivity index (χ1n) is 36.4. The number of nitrogen functional groups attached to an aromatic ring is 1. The Morgan fingerprint density at radius 3 is 1.58 bits per heavy atom. The molecule has 5 aromatic heterocycles. The highest BCUT2D eigenvalue weighted by atomic mass is 127. The van der Waals surface area contributed by atoms with E-state index in [0.717, 1.165) is 252 Å². The van der Waals surface area contributed by atoms with Crippen molar-refractivity contribution in [1.82, 2.24) is 48.8 Å². The van der Waals surface area contributed by atoms with Crippen LogP contribution in [0.4, 0.5) is 5.82 Å². The molecule has 11 heterocycles. The number of aliphatic imine (C=N–C) groups is 2. The molecule has 9 aromatic rings. The van der Waals surface area contributed by atoms with Gasteiger partial charge in [-0.2, -0.15) is 11.8 Å². The monoisotopic (exact) mass is 1650 g/mol. The van der Waals surface area contributed by atoms with Gasteiger partial charge in [0.05, 0.1) is 43.6 Å². The average Bonchev–Trinajstić information content (AvgIpc) is 1.54. The Labute approximate surface area is 646 Å². The Morgan fingerprint density at radius 2 is 1.12 bits per heavy atom. The number of Topliss-reactive ketones (excluding diaryl/α,β-unsaturated/α-hetero) is 1. The first kappa shape index (κ1) is 78.8. The molecule has 4 aromatic carbocycles. The third kappa shape index (κ3) is 18.9. The number of carboxylic acids is 1. The summed E-state index contributed by atoms with van der Waals surface area (Å²) in [5, 5.41) is 24.3. The predicted octanol–water partition coefficient (Wildman–Crippen LogP) is 15.5. The molecular formula is C81H92I2N16O7. The van der Waals surface area contributed by atoms with Crippen LogP contribution in [-0.2, 0) is 58.0 Å². The van der Waals surface area contributed by atoms with Crippen LogP contribution >= 0.6 is 45.2 Å². The molecule has 15 rings (SSSR count). The number of nitrogens with zero attached hydrogens (tertiary/aromatic N) is 14. The molecule has 552 valence electrons. The number of nitrogens with one attached hydrogen (secondary N) is 1. The van der Waals surface area contributed by atoms with Crippen molar-refractivity contribution < 1.29 is 33.8 Å². The number of likely N-dealkylation sites (tertiary alicyclic amines) is 1. The van der Waals surface area contributed by atoms with Gasteiger partial charge in [-0.3, -0.25) is 34.5 Å². The van der Waals surface area contributed by atoms with Crippen LogP contribution in [0.25, 0.3) is 49.5 Å². The quantitative estimate of drug-likeness (QED) is 0.0163. The minimum absolute atomic E-state index is 0.0341. The Morgan fingerprint density at radius 1 is 0.632 bits per heavy atom. The second-order valence-corrected chi connectivity index (χ2v) is 29.3. The number of carbonyl (C=O) groups is 4. The number of aryl methyl sites for hydroxylation is 9. The normalized spacial score (nSPS) is 15.2. The number of pyridine rings is 2. The smallest absolute Gasteiger partial charge is 0.313 e. The molecule has 0 aliphatic carbocycles. The molecular weight excluding hydrogens is 1560 g/mol. The molecule has 0 amide bonds. The van der Waals surface area contributed by atoms with Gasteiger partial charge < -0.3 is 38.9 Å². The van der Waals surface area contributed by atoms with Gasteiger partial charge in [-0.25, -0.2) is 24.9 Å². The van der Waals surface area contributed by atoms with Crippen molar-refractivity contribution in [2.24, 2.45) is 15.1 Å². The van der Waals surface area contributed by atoms with E-state index in [4.69, 9.17) is 47.0 Å². The molecule has 1 fully saturated rings. The molecule has 25 heteroatoms. The van der Waals surface area contributed by atoms with Gasteiger partial charge in [-0.15, -0.1) is 4.95 Å². The fourth-order valence-corrected chi connectivity index (χ4v) is 15.1. The van der Waals surface area contributed by atoms with Crippen LogP contribution in [0.3, 0.4) is 0 Å². The Bertz CT molecular complexity index is 4830. The summed E-state index contributed by atoms with van der Waals surface area (Å²) in [6.07, 6.45) is 16.9. The van der Waals surface area contributed by atoms with Gasteiger partial charge in [0.2, 0.25) is 5.78 Å². The van der Waals surface area contributed by atoms with Crippen LogP contribution in [-0.4, -0.2) is 130 Å². The van der Waals surface area contributed by atoms with Crippen molar-refractivity contribution in [1.29, 1.82) is 5.26 Å². The number of carboxylic acid groups (broad SMARTS) is 1. The predicted molar refractivity (Wildman–Crippen MR) is 431 cm³/mol. The Balaban J connectivity index is 0.000000144. The number of imidazole rings is 3. The van der Waals surface area contributed by atoms with Crippen LogP contribution in [0.1, 0.15) is 187 Å². The minimum Gasteiger partial charge on any atom is -0.484 e. The van der Waals surface area contributed by atoms with Gasteiger partial charge in [-0.1, -0.05) is 111 Å². The number of nitrogens with two attached hydrogens (primary N) is 1. The lowest BCUT2D eigenvalue weighted by molar-refractivity contribution is -0.142. The first-order chi connectivity index (χ1) is 51.3. The number of aliphatic carboxylic acids is 1. The van der Waals surface area contributed by atoms with Gasteiger partial charge in [0.1, 0.15) is 34.1 Å². The zero-order valence-electron chi connectivity index (χ0n) is 61.6. The summed E-state index contributed by atoms with van der Waals surface area (Å²) in [6, 6.07) is 31.9. The Kier molecular flexibility index (Phi) is 27.9. The highest BCUT2D eigenvalue weighted by Gasteiger charge is 2.34. The number of hydrogen-bond acceptors (Lipinski definition) is 17. The first-order valence-corrected chi connectivity index (χ1v) is 38.6. The maximum Gasteiger partial charge on any atom is 0.313 e. The van der Waals surface area contributed by atoms with E-state index in [9.17, 15) is 24.3 Å². The molecule has 4 N–H and O–H groups in total. The number of ketones is 2. The minimum atomic E-state index is -0.783. The lowest BCUT2D eigenvalue weighted by Gasteiger charge is -2.21. The number of halogens is 2. The van der Waals surface area contributed by atoms with Crippen molar-refractivity contribution in [3.63, 3.8) is 0 Å². The SMILES string of the molecule is CCCC(C(=O)O)c1c(C)nc2nc3n(c2c1-c1ccc(I)cc1)CCC3.CCCC(C(=O)OC)c1c(C)nc2nc3n(c2c1-c1ccc(I)cc1)CCC3.COC1=NCCC1.Cc1ccc(C(=O)c2c(N)nc3n2CCC3)cc1.N#CNC1=NCCC1.[C-]#[N+]/N=C1\CCCN1CC(=O)c1ccc(C)cc1. The molecule has 0 spiro atoms. The molecule has 2 unspecified atom stereocenters. The van der Waals surface area contributed by atoms with Gasteiger partial charge in [-0.05, 0) is 171 Å². The zero-order valence-corrected chi connectivity index (χ0v) is 66.0. The van der Waals surface area contributed by atoms with E-state index in [1.165, 1.54) is 17.1 Å². The number of benzene rings is 4. The summed E-state index contributed by atoms with van der Waals surface area (Å²) in [7, 11) is 3.14. The number of methoxy groups -OCH3 is 2. The summed E-state index contributed by atoms with van der Waals surface area (Å²) in [5.74, 6) is 4.12. The third-order valence-corrected chi connectivity index (χ3v) is 20.9. The van der Waals surface area contributed by atoms with E-state index in [2.05, 4.69) is 140 Å². The fraction of sp³-hybridized carbons (Fsp3) is 0.407. The Hall–Kier alpha value is -9.74. The average molecular weight is 1660 g/mol. The zero-order chi connectivity index (χ0) is 75.6. The van der Waals surface area contributed by atoms with Gasteiger partial charge in [0.15, 0.2) is 40.8 Å². The van der Waals surface area contributed by atoms with Crippen molar-refractivity contribution in [2.45, 2.75) is 176 Å². The molecule has 1 saturated heterocycles. The molecule has 23 nitrogen and oxygen atoms in total. The summed E-state index contributed by atoms with van der Waals surface area (Å²) in [4.78, 5) is 85.8. The lowest BCUT2D eigenvalue weighted by atomic mass is 9.86. The third-order valence-electron chi connectivity index (χ3n) is 19.5. The van der Waals surface area contributed by atoms with Crippen molar-refractivity contribution in [2.75, 3.05) is 46.1 Å². The van der Waals surface area contributed by atoms with Crippen molar-refractivity contribution in [3.8, 4) is 28.4 Å². The van der Waals surface area contributed by atoms with E-state index in [0.29, 0.717) is 30.0 Å². The van der Waals surface area contributed by atoms with Crippen LogP contribution in [0, 0.1) is 52.9 Å². The van der Waals surface area contributed by atoms with E-state index in [1.54, 1.807) is 7.11 Å². The maximum absolute atomic E-state index is 12.7. The second-order valence-electron chi connectivity index (χ2n) is 26.8. The number of amidine groups is 2. The van der Waals surface area contributed by atoms with E-state index in [1.807, 2.05) is 98.8 Å². The van der Waals surface area contributed by atoms with Crippen molar-refractivity contribution in [3.05, 3.63) is 184 Å². The number of aromatic nitrogens is 8. The lowest BCUT2D eigenvalue weighted by Crippen LogP contribution is -2.30. The number of carbonyl (C=O) groups excluding carboxylic acids is 3. The number of rotatable bonds is 15. The van der Waals surface area contributed by atoms with E-state index >= 15 is 0 Å². The standard InChI is InChI=1S/C22H24IN3O2.C21H22IN3O2.2C14H15N3O.C5H7N3.C5H9NO/c1-4-6-16(22(27)28-3)18-13(2)24-21-20(26-12-5-7-17(26)25-21)19(18)14-8-10-15(23)11-9-14;1-3-5-15(21(26)27)17-12(2)23-20-19(25-11-4-6-16(25)24-20)18(17)13-7-9-14(22)10-8-13;1-9-4-6-10(7-5-9)13(18)12-14(15)16-11-3-2-8-17(11)12;1-11-5-7-12(8-6-11)13(18)10-17-9-3-4-14(17)16-15-2;6-4-8-5-2-1-3-7-5;1-7-5-3-2-4-6-5/h8-11,16H,4-7,12H2,1-3H3;7-10,15H,3-6,11H2,1-2H3,(H,26,27);4-7H,2-3,8,15H2,1H3;5-8H,3-4,9-10H2,1H3;1-3H2,(H,7,8);2-4H2,1H3/b;;;16-14+;;. The van der Waals surface area contributed by atoms with Crippen LogP contribution in [0.15, 0.2) is 112 Å². The highest BCUT2D eigenvalue weighted by Crippen LogP contribution is 2.43. The molecule has 106 heavy (non-hydrogen) atoms. The number of esters is 1. The van der Waals surface area contributed by atoms with Gasteiger partial charge in [0.25, 0.3) is 0 Å².